The third-order valence-corrected chi connectivity index (χ3v) is 5.21. The van der Waals surface area contributed by atoms with Gasteiger partial charge in [0.1, 0.15) is 12.2 Å². The highest BCUT2D eigenvalue weighted by Crippen LogP contribution is 2.29. The number of anilines is 1. The quantitative estimate of drug-likeness (QED) is 0.486. The van der Waals surface area contributed by atoms with Gasteiger partial charge in [-0.3, -0.25) is 4.79 Å². The summed E-state index contributed by atoms with van der Waals surface area (Å²) in [7, 11) is 0. The Morgan fingerprint density at radius 1 is 1.07 bits per heavy atom. The zero-order chi connectivity index (χ0) is 21.4. The van der Waals surface area contributed by atoms with Crippen molar-refractivity contribution in [3.05, 3.63) is 65.0 Å². The van der Waals surface area contributed by atoms with Gasteiger partial charge in [0.05, 0.1) is 0 Å². The molecule has 0 aliphatic carbocycles. The molecule has 0 fully saturated rings. The number of rotatable bonds is 5. The Bertz CT molecular complexity index is 1210. The van der Waals surface area contributed by atoms with Crippen LogP contribution in [0.1, 0.15) is 42.3 Å². The summed E-state index contributed by atoms with van der Waals surface area (Å²) in [6, 6.07) is 14.1. The summed E-state index contributed by atoms with van der Waals surface area (Å²) in [6.45, 7) is 10.2. The first-order chi connectivity index (χ1) is 14.3. The van der Waals surface area contributed by atoms with E-state index >= 15 is 0 Å². The van der Waals surface area contributed by atoms with E-state index in [4.69, 9.17) is 4.42 Å². The predicted octanol–water partition coefficient (Wildman–Crippen LogP) is 5.38. The molecule has 0 bridgehead atoms. The second-order valence-electron chi connectivity index (χ2n) is 8.10. The standard InChI is InChI=1S/C24H26N4O2/c1-14(2)23-26-27-24(30-23)20-12-18-8-6-7-9-19(18)28(20)13-21(29)25-22-16(4)10-15(3)11-17(22)5/h6-12,14H,13H2,1-5H3,(H,25,29). The zero-order valence-electron chi connectivity index (χ0n) is 18.0. The number of benzene rings is 2. The van der Waals surface area contributed by atoms with Gasteiger partial charge in [0.25, 0.3) is 5.89 Å². The highest BCUT2D eigenvalue weighted by Gasteiger charge is 2.19. The minimum Gasteiger partial charge on any atom is -0.419 e. The van der Waals surface area contributed by atoms with Crippen molar-refractivity contribution in [2.75, 3.05) is 5.32 Å². The summed E-state index contributed by atoms with van der Waals surface area (Å²) in [5.74, 6) is 1.04. The maximum absolute atomic E-state index is 13.0. The fraction of sp³-hybridized carbons (Fsp3) is 0.292. The minimum atomic E-state index is -0.101. The van der Waals surface area contributed by atoms with Crippen LogP contribution in [0.15, 0.2) is 46.9 Å². The van der Waals surface area contributed by atoms with Crippen LogP contribution in [0.3, 0.4) is 0 Å². The Labute approximate surface area is 175 Å². The molecule has 2 heterocycles. The minimum absolute atomic E-state index is 0.101. The van der Waals surface area contributed by atoms with Gasteiger partial charge in [-0.2, -0.15) is 0 Å². The van der Waals surface area contributed by atoms with Crippen molar-refractivity contribution in [2.45, 2.75) is 47.1 Å². The molecule has 4 aromatic rings. The Kier molecular flexibility index (Phi) is 5.16. The van der Waals surface area contributed by atoms with E-state index in [0.717, 1.165) is 33.4 Å². The van der Waals surface area contributed by atoms with E-state index in [1.54, 1.807) is 0 Å². The van der Waals surface area contributed by atoms with Crippen LogP contribution in [-0.2, 0) is 11.3 Å². The molecule has 154 valence electrons. The fourth-order valence-electron chi connectivity index (χ4n) is 3.83. The largest absolute Gasteiger partial charge is 0.419 e. The molecule has 0 aliphatic heterocycles. The lowest BCUT2D eigenvalue weighted by Crippen LogP contribution is -2.20. The summed E-state index contributed by atoms with van der Waals surface area (Å²) in [6.07, 6.45) is 0. The summed E-state index contributed by atoms with van der Waals surface area (Å²) in [5.41, 5.74) is 5.84. The Hall–Kier alpha value is -3.41. The molecule has 30 heavy (non-hydrogen) atoms. The van der Waals surface area contributed by atoms with E-state index in [1.807, 2.05) is 62.6 Å². The van der Waals surface area contributed by atoms with Crippen LogP contribution in [0.4, 0.5) is 5.69 Å². The second-order valence-corrected chi connectivity index (χ2v) is 8.10. The summed E-state index contributed by atoms with van der Waals surface area (Å²) >= 11 is 0. The molecule has 2 aromatic heterocycles. The van der Waals surface area contributed by atoms with Crippen molar-refractivity contribution in [1.29, 1.82) is 0 Å². The molecule has 1 N–H and O–H groups in total. The van der Waals surface area contributed by atoms with Crippen molar-refractivity contribution in [1.82, 2.24) is 14.8 Å². The Balaban J connectivity index is 1.70. The number of para-hydroxylation sites is 1. The van der Waals surface area contributed by atoms with Crippen molar-refractivity contribution in [3.8, 4) is 11.6 Å². The van der Waals surface area contributed by atoms with Gasteiger partial charge in [0, 0.05) is 22.5 Å². The normalized spacial score (nSPS) is 11.4. The van der Waals surface area contributed by atoms with E-state index in [9.17, 15) is 4.79 Å². The van der Waals surface area contributed by atoms with E-state index in [1.165, 1.54) is 5.56 Å². The van der Waals surface area contributed by atoms with Gasteiger partial charge in [-0.05, 0) is 44.0 Å². The average Bonchev–Trinajstić information content (AvgIpc) is 3.30. The number of fused-ring (bicyclic) bond motifs is 1. The molecule has 0 radical (unpaired) electrons. The van der Waals surface area contributed by atoms with Gasteiger partial charge in [-0.15, -0.1) is 10.2 Å². The van der Waals surface area contributed by atoms with Gasteiger partial charge in [-0.25, -0.2) is 0 Å². The van der Waals surface area contributed by atoms with Crippen molar-refractivity contribution in [3.63, 3.8) is 0 Å². The number of hydrogen-bond acceptors (Lipinski definition) is 4. The fourth-order valence-corrected chi connectivity index (χ4v) is 3.83. The monoisotopic (exact) mass is 402 g/mol. The van der Waals surface area contributed by atoms with E-state index < -0.39 is 0 Å². The molecular formula is C24H26N4O2. The first-order valence-corrected chi connectivity index (χ1v) is 10.1. The van der Waals surface area contributed by atoms with Gasteiger partial charge in [0.15, 0.2) is 0 Å². The number of carbonyl (C=O) groups is 1. The Morgan fingerprint density at radius 2 is 1.77 bits per heavy atom. The number of nitrogens with zero attached hydrogens (tertiary/aromatic N) is 3. The molecule has 4 rings (SSSR count). The van der Waals surface area contributed by atoms with E-state index in [0.29, 0.717) is 11.8 Å². The van der Waals surface area contributed by atoms with Crippen LogP contribution in [0.25, 0.3) is 22.5 Å². The van der Waals surface area contributed by atoms with Crippen LogP contribution in [0.5, 0.6) is 0 Å². The highest BCUT2D eigenvalue weighted by atomic mass is 16.4. The smallest absolute Gasteiger partial charge is 0.264 e. The lowest BCUT2D eigenvalue weighted by atomic mass is 10.1. The van der Waals surface area contributed by atoms with Crippen LogP contribution >= 0.6 is 0 Å². The number of carbonyl (C=O) groups excluding carboxylic acids is 1. The third kappa shape index (κ3) is 3.73. The Morgan fingerprint density at radius 3 is 2.43 bits per heavy atom. The lowest BCUT2D eigenvalue weighted by Gasteiger charge is -2.14. The van der Waals surface area contributed by atoms with Gasteiger partial charge in [-0.1, -0.05) is 49.7 Å². The second kappa shape index (κ2) is 7.78. The number of nitrogens with one attached hydrogen (secondary N) is 1. The predicted molar refractivity (Wildman–Crippen MR) is 119 cm³/mol. The van der Waals surface area contributed by atoms with Crippen LogP contribution in [0, 0.1) is 20.8 Å². The van der Waals surface area contributed by atoms with E-state index in [2.05, 4.69) is 34.6 Å². The van der Waals surface area contributed by atoms with Crippen molar-refractivity contribution >= 4 is 22.5 Å². The van der Waals surface area contributed by atoms with Crippen molar-refractivity contribution in [2.24, 2.45) is 0 Å². The number of amides is 1. The third-order valence-electron chi connectivity index (χ3n) is 5.21. The molecule has 0 unspecified atom stereocenters. The molecule has 0 saturated carbocycles. The molecule has 6 nitrogen and oxygen atoms in total. The van der Waals surface area contributed by atoms with Crippen LogP contribution in [-0.4, -0.2) is 20.7 Å². The molecule has 0 aliphatic rings. The van der Waals surface area contributed by atoms with Gasteiger partial charge >= 0.3 is 0 Å². The maximum Gasteiger partial charge on any atom is 0.264 e. The molecule has 0 spiro atoms. The van der Waals surface area contributed by atoms with Gasteiger partial charge in [0.2, 0.25) is 11.8 Å². The summed E-state index contributed by atoms with van der Waals surface area (Å²) < 4.78 is 7.81. The maximum atomic E-state index is 13.0. The average molecular weight is 402 g/mol. The number of hydrogen-bond donors (Lipinski definition) is 1. The molecular weight excluding hydrogens is 376 g/mol. The molecule has 0 saturated heterocycles. The number of aromatic nitrogens is 3. The molecule has 2 aromatic carbocycles. The zero-order valence-corrected chi connectivity index (χ0v) is 18.0. The first kappa shape index (κ1) is 19.9. The summed E-state index contributed by atoms with van der Waals surface area (Å²) in [4.78, 5) is 13.0. The van der Waals surface area contributed by atoms with Crippen LogP contribution < -0.4 is 5.32 Å². The molecule has 1 amide bonds. The number of aryl methyl sites for hydroxylation is 3. The van der Waals surface area contributed by atoms with E-state index in [-0.39, 0.29) is 18.4 Å². The molecule has 6 heteroatoms. The summed E-state index contributed by atoms with van der Waals surface area (Å²) in [5, 5.41) is 12.5. The SMILES string of the molecule is Cc1cc(C)c(NC(=O)Cn2c(-c3nnc(C(C)C)o3)cc3ccccc32)c(C)c1. The van der Waals surface area contributed by atoms with Gasteiger partial charge < -0.3 is 14.3 Å². The first-order valence-electron chi connectivity index (χ1n) is 10.1. The lowest BCUT2D eigenvalue weighted by molar-refractivity contribution is -0.116. The highest BCUT2D eigenvalue weighted by molar-refractivity contribution is 5.94. The van der Waals surface area contributed by atoms with Crippen molar-refractivity contribution < 1.29 is 9.21 Å². The van der Waals surface area contributed by atoms with Crippen LogP contribution in [0.2, 0.25) is 0 Å². The topological polar surface area (TPSA) is 73.0 Å². The molecule has 0 atom stereocenters.